The highest BCUT2D eigenvalue weighted by molar-refractivity contribution is 5.91. The molecular formula is C23H43N3O5. The second kappa shape index (κ2) is 13.3. The number of carbonyl (C=O) groups is 4. The summed E-state index contributed by atoms with van der Waals surface area (Å²) in [4.78, 5) is 49.1. The Morgan fingerprint density at radius 1 is 0.806 bits per heavy atom. The Morgan fingerprint density at radius 2 is 1.26 bits per heavy atom. The normalized spacial score (nSPS) is 14.7. The van der Waals surface area contributed by atoms with E-state index in [2.05, 4.69) is 16.0 Å². The first-order valence-corrected chi connectivity index (χ1v) is 11.2. The van der Waals surface area contributed by atoms with E-state index in [1.54, 1.807) is 20.8 Å². The van der Waals surface area contributed by atoms with Gasteiger partial charge in [0.1, 0.15) is 24.0 Å². The Kier molecular flexibility index (Phi) is 12.4. The summed E-state index contributed by atoms with van der Waals surface area (Å²) >= 11 is 0. The number of alkyl carbamates (subject to hydrolysis) is 1. The van der Waals surface area contributed by atoms with Crippen molar-refractivity contribution in [1.82, 2.24) is 16.0 Å². The first-order chi connectivity index (χ1) is 14.2. The molecule has 180 valence electrons. The van der Waals surface area contributed by atoms with Gasteiger partial charge in [-0.2, -0.15) is 0 Å². The van der Waals surface area contributed by atoms with Crippen molar-refractivity contribution in [3.05, 3.63) is 0 Å². The molecule has 0 saturated heterocycles. The molecule has 3 amide bonds. The molecule has 0 bridgehead atoms. The fourth-order valence-corrected chi connectivity index (χ4v) is 3.01. The summed E-state index contributed by atoms with van der Waals surface area (Å²) in [6, 6.07) is -1.90. The predicted octanol–water partition coefficient (Wildman–Crippen LogP) is 3.19. The van der Waals surface area contributed by atoms with Crippen LogP contribution >= 0.6 is 0 Å². The van der Waals surface area contributed by atoms with Gasteiger partial charge in [-0.25, -0.2) is 4.79 Å². The molecule has 31 heavy (non-hydrogen) atoms. The fourth-order valence-electron chi connectivity index (χ4n) is 3.01. The average molecular weight is 442 g/mol. The van der Waals surface area contributed by atoms with Crippen LogP contribution in [0.3, 0.4) is 0 Å². The Balaban J connectivity index is 5.41. The maximum atomic E-state index is 13.0. The summed E-state index contributed by atoms with van der Waals surface area (Å²) in [5.41, 5.74) is -0.687. The van der Waals surface area contributed by atoms with Crippen LogP contribution in [0.1, 0.15) is 81.6 Å². The molecule has 0 aromatic carbocycles. The summed E-state index contributed by atoms with van der Waals surface area (Å²) < 4.78 is 5.28. The number of ether oxygens (including phenoxy) is 1. The summed E-state index contributed by atoms with van der Waals surface area (Å²) in [5.74, 6) is -0.393. The van der Waals surface area contributed by atoms with E-state index < -0.39 is 29.7 Å². The van der Waals surface area contributed by atoms with Gasteiger partial charge >= 0.3 is 6.09 Å². The zero-order valence-corrected chi connectivity index (χ0v) is 20.7. The molecule has 0 heterocycles. The van der Waals surface area contributed by atoms with Gasteiger partial charge in [0.25, 0.3) is 0 Å². The molecule has 0 saturated carbocycles. The molecule has 0 aliphatic carbocycles. The van der Waals surface area contributed by atoms with Crippen LogP contribution in [-0.4, -0.2) is 47.9 Å². The number of rotatable bonds is 12. The van der Waals surface area contributed by atoms with Gasteiger partial charge in [-0.15, -0.1) is 0 Å². The first kappa shape index (κ1) is 28.9. The number of hydrogen-bond acceptors (Lipinski definition) is 5. The van der Waals surface area contributed by atoms with Gasteiger partial charge in [-0.05, 0) is 51.4 Å². The van der Waals surface area contributed by atoms with Crippen LogP contribution in [0.25, 0.3) is 0 Å². The lowest BCUT2D eigenvalue weighted by Gasteiger charge is -2.28. The summed E-state index contributed by atoms with van der Waals surface area (Å²) in [7, 11) is 0. The first-order valence-electron chi connectivity index (χ1n) is 11.2. The second-order valence-corrected chi connectivity index (χ2v) is 10.3. The van der Waals surface area contributed by atoms with Gasteiger partial charge in [-0.1, -0.05) is 41.5 Å². The van der Waals surface area contributed by atoms with E-state index in [1.807, 2.05) is 41.5 Å². The molecule has 0 aliphatic rings. The number of nitrogens with one attached hydrogen (secondary N) is 3. The Labute approximate surface area is 187 Å². The lowest BCUT2D eigenvalue weighted by molar-refractivity contribution is -0.131. The average Bonchev–Trinajstić information content (AvgIpc) is 2.57. The van der Waals surface area contributed by atoms with Gasteiger partial charge in [0, 0.05) is 12.5 Å². The van der Waals surface area contributed by atoms with E-state index in [-0.39, 0.29) is 36.1 Å². The van der Waals surface area contributed by atoms with Gasteiger partial charge in [0.15, 0.2) is 0 Å². The van der Waals surface area contributed by atoms with Crippen LogP contribution in [0.5, 0.6) is 0 Å². The van der Waals surface area contributed by atoms with Crippen LogP contribution in [0, 0.1) is 17.8 Å². The highest BCUT2D eigenvalue weighted by Gasteiger charge is 2.30. The van der Waals surface area contributed by atoms with Crippen molar-refractivity contribution in [1.29, 1.82) is 0 Å². The quantitative estimate of drug-likeness (QED) is 0.403. The van der Waals surface area contributed by atoms with Gasteiger partial charge < -0.3 is 25.5 Å². The Morgan fingerprint density at radius 3 is 1.65 bits per heavy atom. The van der Waals surface area contributed by atoms with Gasteiger partial charge in [0.2, 0.25) is 11.8 Å². The molecule has 0 fully saturated rings. The van der Waals surface area contributed by atoms with Gasteiger partial charge in [-0.3, -0.25) is 9.59 Å². The van der Waals surface area contributed by atoms with Crippen LogP contribution in [0.15, 0.2) is 0 Å². The van der Waals surface area contributed by atoms with Crippen LogP contribution in [-0.2, 0) is 19.1 Å². The lowest BCUT2D eigenvalue weighted by Crippen LogP contribution is -2.56. The third-order valence-corrected chi connectivity index (χ3v) is 4.54. The SMILES string of the molecule is CC(C)CC(NC(=O)OC(C)(C)C)C(=O)NC(CC(C)C)C(=O)NC(CC=O)C(C)C. The van der Waals surface area contributed by atoms with E-state index in [4.69, 9.17) is 4.74 Å². The monoisotopic (exact) mass is 441 g/mol. The van der Waals surface area contributed by atoms with Gasteiger partial charge in [0.05, 0.1) is 0 Å². The second-order valence-electron chi connectivity index (χ2n) is 10.3. The van der Waals surface area contributed by atoms with Crippen LogP contribution in [0.4, 0.5) is 4.79 Å². The predicted molar refractivity (Wildman–Crippen MR) is 121 cm³/mol. The molecule has 0 aliphatic heterocycles. The molecule has 8 heteroatoms. The number of amides is 3. The highest BCUT2D eigenvalue weighted by Crippen LogP contribution is 2.12. The Bertz CT molecular complexity index is 597. The zero-order chi connectivity index (χ0) is 24.4. The zero-order valence-electron chi connectivity index (χ0n) is 20.7. The number of carbonyl (C=O) groups excluding carboxylic acids is 4. The summed E-state index contributed by atoms with van der Waals surface area (Å²) in [6.07, 6.45) is 1.15. The molecule has 3 unspecified atom stereocenters. The molecule has 0 aromatic rings. The van der Waals surface area contributed by atoms with Crippen molar-refractivity contribution >= 4 is 24.2 Å². The van der Waals surface area contributed by atoms with Crippen molar-refractivity contribution in [2.75, 3.05) is 0 Å². The van der Waals surface area contributed by atoms with E-state index >= 15 is 0 Å². The third kappa shape index (κ3) is 13.0. The van der Waals surface area contributed by atoms with Crippen LogP contribution < -0.4 is 16.0 Å². The maximum absolute atomic E-state index is 13.0. The topological polar surface area (TPSA) is 114 Å². The smallest absolute Gasteiger partial charge is 0.408 e. The molecule has 3 atom stereocenters. The molecule has 0 rings (SSSR count). The minimum atomic E-state index is -0.826. The van der Waals surface area contributed by atoms with E-state index in [1.165, 1.54) is 0 Å². The minimum Gasteiger partial charge on any atom is -0.444 e. The van der Waals surface area contributed by atoms with Crippen molar-refractivity contribution < 1.29 is 23.9 Å². The number of aldehydes is 1. The minimum absolute atomic E-state index is 0.0760. The number of hydrogen-bond donors (Lipinski definition) is 3. The van der Waals surface area contributed by atoms with E-state index in [0.29, 0.717) is 12.8 Å². The molecule has 0 radical (unpaired) electrons. The van der Waals surface area contributed by atoms with Crippen molar-refractivity contribution in [3.8, 4) is 0 Å². The third-order valence-electron chi connectivity index (χ3n) is 4.54. The molecule has 0 spiro atoms. The molecule has 3 N–H and O–H groups in total. The lowest BCUT2D eigenvalue weighted by atomic mass is 9.98. The molecule has 8 nitrogen and oxygen atoms in total. The fraction of sp³-hybridized carbons (Fsp3) is 0.826. The van der Waals surface area contributed by atoms with Crippen molar-refractivity contribution in [2.45, 2.75) is 105 Å². The maximum Gasteiger partial charge on any atom is 0.408 e. The Hall–Kier alpha value is -2.12. The summed E-state index contributed by atoms with van der Waals surface area (Å²) in [6.45, 7) is 16.9. The molecular weight excluding hydrogens is 398 g/mol. The standard InChI is InChI=1S/C23H43N3O5/c1-14(2)12-18(20(28)24-17(10-11-27)16(5)6)25-21(29)19(13-15(3)4)26-22(30)31-23(7,8)9/h11,14-19H,10,12-13H2,1-9H3,(H,24,28)(H,25,29)(H,26,30). The highest BCUT2D eigenvalue weighted by atomic mass is 16.6. The van der Waals surface area contributed by atoms with Crippen molar-refractivity contribution in [2.24, 2.45) is 17.8 Å². The van der Waals surface area contributed by atoms with Crippen LogP contribution in [0.2, 0.25) is 0 Å². The van der Waals surface area contributed by atoms with E-state index in [0.717, 1.165) is 6.29 Å². The largest absolute Gasteiger partial charge is 0.444 e. The van der Waals surface area contributed by atoms with E-state index in [9.17, 15) is 19.2 Å². The van der Waals surface area contributed by atoms with Crippen molar-refractivity contribution in [3.63, 3.8) is 0 Å². The summed E-state index contributed by atoms with van der Waals surface area (Å²) in [5, 5.41) is 8.31. The molecule has 0 aromatic heterocycles.